The largest absolute Gasteiger partial charge is 0.325 e. The number of nitrogens with zero attached hydrogens (tertiary/aromatic N) is 2. The number of hydrogen-bond donors (Lipinski definition) is 1. The van der Waals surface area contributed by atoms with E-state index in [1.54, 1.807) is 24.3 Å². The summed E-state index contributed by atoms with van der Waals surface area (Å²) in [4.78, 5) is 21.4. The number of anilines is 1. The van der Waals surface area contributed by atoms with E-state index in [4.69, 9.17) is 11.6 Å². The highest BCUT2D eigenvalue weighted by Gasteiger charge is 2.22. The Kier molecular flexibility index (Phi) is 4.87. The first-order valence-electron chi connectivity index (χ1n) is 7.62. The number of carbonyl (C=O) groups excluding carboxylic acids is 1. The Morgan fingerprint density at radius 1 is 1.26 bits per heavy atom. The third-order valence-electron chi connectivity index (χ3n) is 3.78. The molecule has 1 aliphatic rings. The molecule has 4 nitrogen and oxygen atoms in total. The molecule has 0 fully saturated rings. The van der Waals surface area contributed by atoms with Gasteiger partial charge in [-0.2, -0.15) is 0 Å². The van der Waals surface area contributed by atoms with Crippen LogP contribution in [0.5, 0.6) is 0 Å². The lowest BCUT2D eigenvalue weighted by Gasteiger charge is -2.14. The quantitative estimate of drug-likeness (QED) is 0.669. The summed E-state index contributed by atoms with van der Waals surface area (Å²) < 4.78 is 0. The van der Waals surface area contributed by atoms with Crippen LogP contribution in [0.2, 0.25) is 5.02 Å². The van der Waals surface area contributed by atoms with Crippen molar-refractivity contribution in [1.82, 2.24) is 9.97 Å². The van der Waals surface area contributed by atoms with Crippen LogP contribution >= 0.6 is 23.4 Å². The van der Waals surface area contributed by atoms with E-state index >= 15 is 0 Å². The molecule has 1 aromatic heterocycles. The van der Waals surface area contributed by atoms with Crippen LogP contribution in [0.4, 0.5) is 5.69 Å². The van der Waals surface area contributed by atoms with E-state index in [1.807, 2.05) is 13.8 Å². The second-order valence-electron chi connectivity index (χ2n) is 5.61. The van der Waals surface area contributed by atoms with Gasteiger partial charge in [0, 0.05) is 22.0 Å². The average Bonchev–Trinajstić information content (AvgIpc) is 2.97. The predicted molar refractivity (Wildman–Crippen MR) is 94.2 cm³/mol. The van der Waals surface area contributed by atoms with E-state index in [2.05, 4.69) is 15.3 Å². The van der Waals surface area contributed by atoms with Gasteiger partial charge in [-0.15, -0.1) is 0 Å². The molecule has 6 heteroatoms. The van der Waals surface area contributed by atoms with Gasteiger partial charge < -0.3 is 5.32 Å². The number of aryl methyl sites for hydroxylation is 2. The van der Waals surface area contributed by atoms with E-state index in [0.29, 0.717) is 5.02 Å². The standard InChI is InChI=1S/C17H18ClN3OS/c1-10(16(22)21-13-8-6-12(18)7-9-13)23-17-14-4-3-5-15(14)19-11(2)20-17/h6-10H,3-5H2,1-2H3,(H,21,22)/t10-/m0/s1. The SMILES string of the molecule is Cc1nc2c(c(S[C@@H](C)C(=O)Nc3ccc(Cl)cc3)n1)CCC2. The number of carbonyl (C=O) groups is 1. The van der Waals surface area contributed by atoms with Gasteiger partial charge >= 0.3 is 0 Å². The average molecular weight is 348 g/mol. The third kappa shape index (κ3) is 3.85. The van der Waals surface area contributed by atoms with Crippen molar-refractivity contribution < 1.29 is 4.79 Å². The van der Waals surface area contributed by atoms with Gasteiger partial charge in [0.15, 0.2) is 0 Å². The van der Waals surface area contributed by atoms with E-state index in [1.165, 1.54) is 17.3 Å². The molecule has 1 aliphatic carbocycles. The van der Waals surface area contributed by atoms with Gasteiger partial charge in [0.25, 0.3) is 0 Å². The highest BCUT2D eigenvalue weighted by molar-refractivity contribution is 8.00. The number of amides is 1. The Morgan fingerprint density at radius 3 is 2.74 bits per heavy atom. The minimum Gasteiger partial charge on any atom is -0.325 e. The molecular weight excluding hydrogens is 330 g/mol. The van der Waals surface area contributed by atoms with Gasteiger partial charge in [-0.1, -0.05) is 23.4 Å². The highest BCUT2D eigenvalue weighted by Crippen LogP contribution is 2.32. The topological polar surface area (TPSA) is 54.9 Å². The normalized spacial score (nSPS) is 14.4. The molecule has 1 amide bonds. The summed E-state index contributed by atoms with van der Waals surface area (Å²) >= 11 is 7.36. The molecule has 0 unspecified atom stereocenters. The summed E-state index contributed by atoms with van der Waals surface area (Å²) in [7, 11) is 0. The first-order valence-corrected chi connectivity index (χ1v) is 8.88. The minimum absolute atomic E-state index is 0.0414. The van der Waals surface area contributed by atoms with Crippen molar-refractivity contribution in [3.05, 3.63) is 46.4 Å². The molecule has 0 aliphatic heterocycles. The van der Waals surface area contributed by atoms with Crippen LogP contribution in [-0.4, -0.2) is 21.1 Å². The maximum absolute atomic E-state index is 12.4. The van der Waals surface area contributed by atoms with Gasteiger partial charge in [0.2, 0.25) is 5.91 Å². The fourth-order valence-corrected chi connectivity index (χ4v) is 3.79. The van der Waals surface area contributed by atoms with Crippen LogP contribution in [0, 0.1) is 6.92 Å². The molecule has 1 atom stereocenters. The molecule has 3 rings (SSSR count). The molecule has 1 heterocycles. The van der Waals surface area contributed by atoms with Gasteiger partial charge in [-0.05, 0) is 57.4 Å². The van der Waals surface area contributed by atoms with Crippen molar-refractivity contribution in [3.63, 3.8) is 0 Å². The number of rotatable bonds is 4. The maximum Gasteiger partial charge on any atom is 0.237 e. The van der Waals surface area contributed by atoms with E-state index < -0.39 is 0 Å². The number of halogens is 1. The first-order chi connectivity index (χ1) is 11.0. The van der Waals surface area contributed by atoms with Gasteiger partial charge in [-0.25, -0.2) is 9.97 Å². The van der Waals surface area contributed by atoms with E-state index in [9.17, 15) is 4.79 Å². The smallest absolute Gasteiger partial charge is 0.237 e. The van der Waals surface area contributed by atoms with Crippen LogP contribution in [0.25, 0.3) is 0 Å². The summed E-state index contributed by atoms with van der Waals surface area (Å²) in [6, 6.07) is 7.11. The maximum atomic E-state index is 12.4. The Hall–Kier alpha value is -1.59. The molecule has 1 aromatic carbocycles. The Labute approximate surface area is 145 Å². The molecular formula is C17H18ClN3OS. The highest BCUT2D eigenvalue weighted by atomic mass is 35.5. The molecule has 2 aromatic rings. The van der Waals surface area contributed by atoms with Crippen molar-refractivity contribution >= 4 is 35.0 Å². The second-order valence-corrected chi connectivity index (χ2v) is 7.38. The van der Waals surface area contributed by atoms with Crippen LogP contribution in [0.1, 0.15) is 30.4 Å². The molecule has 0 bridgehead atoms. The zero-order valence-electron chi connectivity index (χ0n) is 13.1. The van der Waals surface area contributed by atoms with Crippen molar-refractivity contribution in [2.75, 3.05) is 5.32 Å². The molecule has 23 heavy (non-hydrogen) atoms. The van der Waals surface area contributed by atoms with Gasteiger partial charge in [0.05, 0.1) is 5.25 Å². The zero-order valence-corrected chi connectivity index (χ0v) is 14.7. The Bertz CT molecular complexity index is 733. The first kappa shape index (κ1) is 16.3. The minimum atomic E-state index is -0.232. The molecule has 0 radical (unpaired) electrons. The number of benzene rings is 1. The number of thioether (sulfide) groups is 1. The molecule has 0 spiro atoms. The third-order valence-corrected chi connectivity index (χ3v) is 5.16. The summed E-state index contributed by atoms with van der Waals surface area (Å²) in [5, 5.41) is 4.28. The molecule has 0 saturated heterocycles. The summed E-state index contributed by atoms with van der Waals surface area (Å²) in [6.07, 6.45) is 3.13. The van der Waals surface area contributed by atoms with E-state index in [-0.39, 0.29) is 11.2 Å². The van der Waals surface area contributed by atoms with E-state index in [0.717, 1.165) is 41.5 Å². The van der Waals surface area contributed by atoms with Crippen LogP contribution in [-0.2, 0) is 17.6 Å². The molecule has 120 valence electrons. The van der Waals surface area contributed by atoms with Crippen molar-refractivity contribution in [1.29, 1.82) is 0 Å². The van der Waals surface area contributed by atoms with Crippen molar-refractivity contribution in [2.24, 2.45) is 0 Å². The number of aromatic nitrogens is 2. The number of hydrogen-bond acceptors (Lipinski definition) is 4. The summed E-state index contributed by atoms with van der Waals surface area (Å²) in [5.74, 6) is 0.735. The predicted octanol–water partition coefficient (Wildman–Crippen LogP) is 4.05. The monoisotopic (exact) mass is 347 g/mol. The summed E-state index contributed by atoms with van der Waals surface area (Å²) in [6.45, 7) is 3.80. The Balaban J connectivity index is 1.70. The van der Waals surface area contributed by atoms with Crippen LogP contribution in [0.15, 0.2) is 29.3 Å². The van der Waals surface area contributed by atoms with Crippen LogP contribution < -0.4 is 5.32 Å². The van der Waals surface area contributed by atoms with Crippen molar-refractivity contribution in [2.45, 2.75) is 43.4 Å². The summed E-state index contributed by atoms with van der Waals surface area (Å²) in [5.41, 5.74) is 3.10. The van der Waals surface area contributed by atoms with Crippen molar-refractivity contribution in [3.8, 4) is 0 Å². The zero-order chi connectivity index (χ0) is 16.4. The lowest BCUT2D eigenvalue weighted by atomic mass is 10.3. The van der Waals surface area contributed by atoms with Gasteiger partial charge in [0.1, 0.15) is 10.9 Å². The van der Waals surface area contributed by atoms with Crippen LogP contribution in [0.3, 0.4) is 0 Å². The Morgan fingerprint density at radius 2 is 2.00 bits per heavy atom. The fourth-order valence-electron chi connectivity index (χ4n) is 2.61. The molecule has 0 saturated carbocycles. The lowest BCUT2D eigenvalue weighted by Crippen LogP contribution is -2.22. The van der Waals surface area contributed by atoms with Gasteiger partial charge in [-0.3, -0.25) is 4.79 Å². The lowest BCUT2D eigenvalue weighted by molar-refractivity contribution is -0.115. The second kappa shape index (κ2) is 6.89. The number of nitrogens with one attached hydrogen (secondary N) is 1. The fraction of sp³-hybridized carbons (Fsp3) is 0.353. The number of fused-ring (bicyclic) bond motifs is 1. The molecule has 1 N–H and O–H groups in total.